The standard InChI is InChI=1S/C25H20ClFN2O3/c26-19-9-5-16(6-10-19)15-32-25(31)23(29-24(30)17-7-11-20(27)12-8-17)13-18-14-28-22-4-2-1-3-21(18)22/h1-12,14,23,28H,13,15H2,(H,29,30). The van der Waals surface area contributed by atoms with Crippen molar-refractivity contribution in [2.45, 2.75) is 19.1 Å². The molecule has 1 heterocycles. The molecular formula is C25H20ClFN2O3. The Labute approximate surface area is 189 Å². The van der Waals surface area contributed by atoms with E-state index in [1.54, 1.807) is 24.3 Å². The predicted molar refractivity (Wildman–Crippen MR) is 121 cm³/mol. The second-order valence-electron chi connectivity index (χ2n) is 7.33. The molecule has 0 spiro atoms. The van der Waals surface area contributed by atoms with Crippen molar-refractivity contribution in [3.63, 3.8) is 0 Å². The van der Waals surface area contributed by atoms with Crippen LogP contribution in [0.1, 0.15) is 21.5 Å². The maximum absolute atomic E-state index is 13.2. The number of hydrogen-bond donors (Lipinski definition) is 2. The lowest BCUT2D eigenvalue weighted by atomic mass is 10.0. The number of carbonyl (C=O) groups excluding carboxylic acids is 2. The summed E-state index contributed by atoms with van der Waals surface area (Å²) in [4.78, 5) is 28.8. The highest BCUT2D eigenvalue weighted by atomic mass is 35.5. The van der Waals surface area contributed by atoms with Crippen LogP contribution in [0.25, 0.3) is 10.9 Å². The Morgan fingerprint density at radius 2 is 1.72 bits per heavy atom. The van der Waals surface area contributed by atoms with E-state index in [0.29, 0.717) is 5.02 Å². The molecule has 1 atom stereocenters. The molecule has 7 heteroatoms. The number of fused-ring (bicyclic) bond motifs is 1. The Kier molecular flexibility index (Phi) is 6.52. The molecule has 1 amide bonds. The molecule has 0 saturated carbocycles. The van der Waals surface area contributed by atoms with E-state index in [-0.39, 0.29) is 18.6 Å². The van der Waals surface area contributed by atoms with Crippen LogP contribution in [0.3, 0.4) is 0 Å². The molecule has 3 aromatic carbocycles. The van der Waals surface area contributed by atoms with Crippen LogP contribution in [0.4, 0.5) is 4.39 Å². The number of para-hydroxylation sites is 1. The molecule has 5 nitrogen and oxygen atoms in total. The minimum Gasteiger partial charge on any atom is -0.459 e. The summed E-state index contributed by atoms with van der Waals surface area (Å²) in [5, 5.41) is 4.27. The van der Waals surface area contributed by atoms with E-state index in [2.05, 4.69) is 10.3 Å². The van der Waals surface area contributed by atoms with E-state index >= 15 is 0 Å². The minimum atomic E-state index is -0.931. The monoisotopic (exact) mass is 450 g/mol. The predicted octanol–water partition coefficient (Wildman–Crippen LogP) is 5.04. The summed E-state index contributed by atoms with van der Waals surface area (Å²) in [5.74, 6) is -1.50. The van der Waals surface area contributed by atoms with Crippen molar-refractivity contribution in [2.24, 2.45) is 0 Å². The van der Waals surface area contributed by atoms with Gasteiger partial charge in [0.25, 0.3) is 5.91 Å². The van der Waals surface area contributed by atoms with Crippen LogP contribution >= 0.6 is 11.6 Å². The zero-order valence-corrected chi connectivity index (χ0v) is 17.7. The lowest BCUT2D eigenvalue weighted by Gasteiger charge is -2.18. The Morgan fingerprint density at radius 3 is 2.47 bits per heavy atom. The van der Waals surface area contributed by atoms with Gasteiger partial charge in [-0.05, 0) is 53.6 Å². The minimum absolute atomic E-state index is 0.0484. The number of benzene rings is 3. The average Bonchev–Trinajstić information content (AvgIpc) is 3.21. The molecule has 32 heavy (non-hydrogen) atoms. The molecule has 0 bridgehead atoms. The first-order valence-corrected chi connectivity index (χ1v) is 10.4. The first-order chi connectivity index (χ1) is 15.5. The van der Waals surface area contributed by atoms with Crippen molar-refractivity contribution in [3.05, 3.63) is 107 Å². The Morgan fingerprint density at radius 1 is 1.00 bits per heavy atom. The van der Waals surface area contributed by atoms with Gasteiger partial charge in [-0.15, -0.1) is 0 Å². The summed E-state index contributed by atoms with van der Waals surface area (Å²) < 4.78 is 18.7. The highest BCUT2D eigenvalue weighted by Gasteiger charge is 2.25. The van der Waals surface area contributed by atoms with Gasteiger partial charge in [0, 0.05) is 34.1 Å². The van der Waals surface area contributed by atoms with Crippen molar-refractivity contribution in [3.8, 4) is 0 Å². The van der Waals surface area contributed by atoms with Gasteiger partial charge in [-0.1, -0.05) is 41.9 Å². The number of aromatic nitrogens is 1. The fraction of sp³-hybridized carbons (Fsp3) is 0.120. The smallest absolute Gasteiger partial charge is 0.329 e. The molecule has 1 unspecified atom stereocenters. The number of hydrogen-bond acceptors (Lipinski definition) is 3. The van der Waals surface area contributed by atoms with Crippen LogP contribution in [-0.4, -0.2) is 22.9 Å². The maximum atomic E-state index is 13.2. The summed E-state index contributed by atoms with van der Waals surface area (Å²) in [6.07, 6.45) is 2.05. The summed E-state index contributed by atoms with van der Waals surface area (Å²) in [5.41, 5.74) is 2.83. The Hall–Kier alpha value is -3.64. The molecule has 0 radical (unpaired) electrons. The number of halogens is 2. The molecule has 0 aliphatic carbocycles. The van der Waals surface area contributed by atoms with E-state index < -0.39 is 23.7 Å². The maximum Gasteiger partial charge on any atom is 0.329 e. The van der Waals surface area contributed by atoms with Crippen LogP contribution < -0.4 is 5.32 Å². The van der Waals surface area contributed by atoms with Crippen LogP contribution in [0.2, 0.25) is 5.02 Å². The molecule has 0 fully saturated rings. The van der Waals surface area contributed by atoms with E-state index in [1.807, 2.05) is 30.5 Å². The average molecular weight is 451 g/mol. The highest BCUT2D eigenvalue weighted by molar-refractivity contribution is 6.30. The van der Waals surface area contributed by atoms with E-state index in [9.17, 15) is 14.0 Å². The lowest BCUT2D eigenvalue weighted by molar-refractivity contribution is -0.147. The van der Waals surface area contributed by atoms with Crippen molar-refractivity contribution in [1.29, 1.82) is 0 Å². The van der Waals surface area contributed by atoms with E-state index in [0.717, 1.165) is 22.0 Å². The normalized spacial score (nSPS) is 11.8. The van der Waals surface area contributed by atoms with Crippen LogP contribution in [0.5, 0.6) is 0 Å². The SMILES string of the molecule is O=C(NC(Cc1c[nH]c2ccccc12)C(=O)OCc1ccc(Cl)cc1)c1ccc(F)cc1. The van der Waals surface area contributed by atoms with Gasteiger partial charge in [0.2, 0.25) is 0 Å². The number of H-pyrrole nitrogens is 1. The fourth-order valence-corrected chi connectivity index (χ4v) is 3.52. The Balaban J connectivity index is 1.53. The molecule has 0 saturated heterocycles. The molecule has 4 aromatic rings. The van der Waals surface area contributed by atoms with Gasteiger partial charge in [0.1, 0.15) is 18.5 Å². The number of amides is 1. The van der Waals surface area contributed by atoms with Gasteiger partial charge < -0.3 is 15.0 Å². The number of carbonyl (C=O) groups is 2. The van der Waals surface area contributed by atoms with Gasteiger partial charge in [0.05, 0.1) is 0 Å². The molecule has 162 valence electrons. The summed E-state index contributed by atoms with van der Waals surface area (Å²) >= 11 is 5.90. The van der Waals surface area contributed by atoms with Crippen molar-refractivity contribution in [2.75, 3.05) is 0 Å². The van der Waals surface area contributed by atoms with Gasteiger partial charge in [-0.2, -0.15) is 0 Å². The number of rotatable bonds is 7. The van der Waals surface area contributed by atoms with Crippen LogP contribution in [-0.2, 0) is 22.6 Å². The largest absolute Gasteiger partial charge is 0.459 e. The molecule has 4 rings (SSSR count). The summed E-state index contributed by atoms with van der Waals surface area (Å²) in [6, 6.07) is 18.9. The Bertz CT molecular complexity index is 1240. The molecule has 0 aliphatic rings. The topological polar surface area (TPSA) is 71.2 Å². The summed E-state index contributed by atoms with van der Waals surface area (Å²) in [7, 11) is 0. The third kappa shape index (κ3) is 5.15. The number of nitrogens with one attached hydrogen (secondary N) is 2. The second-order valence-corrected chi connectivity index (χ2v) is 7.77. The first kappa shape index (κ1) is 21.6. The first-order valence-electron chi connectivity index (χ1n) is 10.0. The third-order valence-electron chi connectivity index (χ3n) is 5.09. The summed E-state index contributed by atoms with van der Waals surface area (Å²) in [6.45, 7) is 0.0484. The molecular weight excluding hydrogens is 431 g/mol. The van der Waals surface area contributed by atoms with Gasteiger partial charge in [0.15, 0.2) is 0 Å². The van der Waals surface area contributed by atoms with E-state index in [4.69, 9.17) is 16.3 Å². The lowest BCUT2D eigenvalue weighted by Crippen LogP contribution is -2.43. The molecule has 0 aliphatic heterocycles. The van der Waals surface area contributed by atoms with Crippen molar-refractivity contribution in [1.82, 2.24) is 10.3 Å². The molecule has 1 aromatic heterocycles. The van der Waals surface area contributed by atoms with Gasteiger partial charge in [-0.25, -0.2) is 9.18 Å². The van der Waals surface area contributed by atoms with Crippen molar-refractivity contribution >= 4 is 34.4 Å². The zero-order chi connectivity index (χ0) is 22.5. The number of esters is 1. The van der Waals surface area contributed by atoms with E-state index in [1.165, 1.54) is 24.3 Å². The third-order valence-corrected chi connectivity index (χ3v) is 5.34. The van der Waals surface area contributed by atoms with Crippen LogP contribution in [0, 0.1) is 5.82 Å². The quantitative estimate of drug-likeness (QED) is 0.387. The molecule has 2 N–H and O–H groups in total. The van der Waals surface area contributed by atoms with Crippen molar-refractivity contribution < 1.29 is 18.7 Å². The second kappa shape index (κ2) is 9.66. The highest BCUT2D eigenvalue weighted by Crippen LogP contribution is 2.20. The fourth-order valence-electron chi connectivity index (χ4n) is 3.39. The zero-order valence-electron chi connectivity index (χ0n) is 17.0. The number of ether oxygens (including phenoxy) is 1. The van der Waals surface area contributed by atoms with Gasteiger partial charge >= 0.3 is 5.97 Å². The van der Waals surface area contributed by atoms with Gasteiger partial charge in [-0.3, -0.25) is 4.79 Å². The number of aromatic amines is 1. The van der Waals surface area contributed by atoms with Crippen LogP contribution in [0.15, 0.2) is 79.0 Å².